The van der Waals surface area contributed by atoms with Gasteiger partial charge in [-0.15, -0.1) is 11.6 Å². The van der Waals surface area contributed by atoms with Crippen LogP contribution in [0.4, 0.5) is 0 Å². The number of esters is 1. The van der Waals surface area contributed by atoms with Crippen molar-refractivity contribution in [3.05, 3.63) is 35.4 Å². The van der Waals surface area contributed by atoms with Crippen molar-refractivity contribution in [1.29, 1.82) is 0 Å². The fraction of sp³-hybridized carbons (Fsp3) is 0.588. The highest BCUT2D eigenvalue weighted by Crippen LogP contribution is 2.50. The van der Waals surface area contributed by atoms with Crippen LogP contribution >= 0.6 is 11.6 Å². The van der Waals surface area contributed by atoms with E-state index in [1.54, 1.807) is 0 Å². The van der Waals surface area contributed by atoms with Crippen molar-refractivity contribution < 1.29 is 9.53 Å². The van der Waals surface area contributed by atoms with E-state index < -0.39 is 0 Å². The van der Waals surface area contributed by atoms with Crippen LogP contribution in [0.3, 0.4) is 0 Å². The van der Waals surface area contributed by atoms with Crippen molar-refractivity contribution in [2.24, 2.45) is 5.92 Å². The summed E-state index contributed by atoms with van der Waals surface area (Å²) in [6.45, 7) is 0. The summed E-state index contributed by atoms with van der Waals surface area (Å²) in [5, 5.41) is 0. The van der Waals surface area contributed by atoms with E-state index in [-0.39, 0.29) is 11.6 Å². The molecule has 1 aliphatic heterocycles. The van der Waals surface area contributed by atoms with Crippen molar-refractivity contribution in [3.8, 4) is 0 Å². The molecule has 0 spiro atoms. The smallest absolute Gasteiger partial charge is 0.306 e. The van der Waals surface area contributed by atoms with Crippen LogP contribution in [-0.2, 0) is 21.6 Å². The van der Waals surface area contributed by atoms with Gasteiger partial charge in [0.05, 0.1) is 0 Å². The minimum Gasteiger partial charge on any atom is -0.454 e. The maximum atomic E-state index is 11.9. The van der Waals surface area contributed by atoms with Crippen LogP contribution in [0, 0.1) is 5.92 Å². The highest BCUT2D eigenvalue weighted by atomic mass is 35.5. The molecule has 0 N–H and O–H groups in total. The molecule has 2 aliphatic rings. The summed E-state index contributed by atoms with van der Waals surface area (Å²) in [6.07, 6.45) is 6.90. The van der Waals surface area contributed by atoms with Gasteiger partial charge < -0.3 is 4.74 Å². The van der Waals surface area contributed by atoms with E-state index in [0.29, 0.717) is 18.2 Å². The van der Waals surface area contributed by atoms with E-state index >= 15 is 0 Å². The van der Waals surface area contributed by atoms with Gasteiger partial charge >= 0.3 is 5.97 Å². The first-order valence-electron chi connectivity index (χ1n) is 7.62. The molecular formula is C17H21ClO2. The van der Waals surface area contributed by atoms with Gasteiger partial charge in [-0.1, -0.05) is 30.7 Å². The van der Waals surface area contributed by atoms with Crippen LogP contribution in [0.25, 0.3) is 0 Å². The average Bonchev–Trinajstić information content (AvgIpc) is 2.48. The monoisotopic (exact) mass is 292 g/mol. The summed E-state index contributed by atoms with van der Waals surface area (Å²) < 4.78 is 5.97. The number of halogens is 1. The highest BCUT2D eigenvalue weighted by molar-refractivity contribution is 6.18. The van der Waals surface area contributed by atoms with Gasteiger partial charge in [-0.05, 0) is 43.2 Å². The summed E-state index contributed by atoms with van der Waals surface area (Å²) in [6, 6.07) is 8.36. The Labute approximate surface area is 125 Å². The zero-order valence-electron chi connectivity index (χ0n) is 11.7. The molecule has 0 unspecified atom stereocenters. The molecule has 0 amide bonds. The number of hydrogen-bond acceptors (Lipinski definition) is 2. The van der Waals surface area contributed by atoms with Gasteiger partial charge in [0.1, 0.15) is 5.60 Å². The van der Waals surface area contributed by atoms with Gasteiger partial charge in [0.2, 0.25) is 0 Å². The van der Waals surface area contributed by atoms with Gasteiger partial charge in [-0.3, -0.25) is 4.79 Å². The van der Waals surface area contributed by atoms with Gasteiger partial charge in [0, 0.05) is 18.2 Å². The summed E-state index contributed by atoms with van der Waals surface area (Å²) in [5.41, 5.74) is 2.07. The molecule has 1 heterocycles. The molecular weight excluding hydrogens is 272 g/mol. The molecule has 1 aliphatic carbocycles. The Kier molecular flexibility index (Phi) is 4.02. The predicted molar refractivity (Wildman–Crippen MR) is 79.8 cm³/mol. The van der Waals surface area contributed by atoms with Crippen molar-refractivity contribution in [3.63, 3.8) is 0 Å². The van der Waals surface area contributed by atoms with Crippen LogP contribution in [-0.4, -0.2) is 11.8 Å². The molecule has 0 aromatic heterocycles. The largest absolute Gasteiger partial charge is 0.454 e. The first kappa shape index (κ1) is 13.9. The summed E-state index contributed by atoms with van der Waals surface area (Å²) in [4.78, 5) is 11.9. The average molecular weight is 293 g/mol. The number of alkyl halides is 1. The molecule has 1 aromatic carbocycles. The Morgan fingerprint density at radius 3 is 2.95 bits per heavy atom. The quantitative estimate of drug-likeness (QED) is 0.617. The zero-order valence-corrected chi connectivity index (χ0v) is 12.5. The van der Waals surface area contributed by atoms with E-state index in [0.717, 1.165) is 25.7 Å². The molecule has 3 rings (SSSR count). The number of hydrogen-bond donors (Lipinski definition) is 0. The van der Waals surface area contributed by atoms with Crippen molar-refractivity contribution in [2.75, 3.05) is 5.88 Å². The van der Waals surface area contributed by atoms with Crippen molar-refractivity contribution in [1.82, 2.24) is 0 Å². The standard InChI is InChI=1S/C17H21ClO2/c18-12-10-13-5-1-2-7-15(13)17-11-4-3-6-14(17)8-9-16(19)20-17/h1-2,5,7,14H,3-4,6,8-12H2/t14-,17-/m0/s1. The Bertz CT molecular complexity index is 500. The molecule has 2 nitrogen and oxygen atoms in total. The number of benzene rings is 1. The molecule has 108 valence electrons. The zero-order chi connectivity index (χ0) is 14.0. The van der Waals surface area contributed by atoms with Crippen LogP contribution in [0.1, 0.15) is 49.7 Å². The number of carbonyl (C=O) groups excluding carboxylic acids is 1. The molecule has 2 fully saturated rings. The van der Waals surface area contributed by atoms with Gasteiger partial charge in [-0.25, -0.2) is 0 Å². The molecule has 2 atom stereocenters. The van der Waals surface area contributed by atoms with Crippen LogP contribution in [0.5, 0.6) is 0 Å². The Morgan fingerprint density at radius 2 is 2.10 bits per heavy atom. The fourth-order valence-electron chi connectivity index (χ4n) is 3.94. The predicted octanol–water partition coefficient (Wildman–Crippen LogP) is 4.19. The Hall–Kier alpha value is -1.02. The number of aryl methyl sites for hydroxylation is 1. The first-order chi connectivity index (χ1) is 9.76. The summed E-state index contributed by atoms with van der Waals surface area (Å²) in [7, 11) is 0. The third kappa shape index (κ3) is 2.35. The maximum absolute atomic E-state index is 11.9. The minimum atomic E-state index is -0.379. The lowest BCUT2D eigenvalue weighted by atomic mass is 9.67. The minimum absolute atomic E-state index is 0.0381. The molecule has 1 aromatic rings. The number of carbonyl (C=O) groups is 1. The maximum Gasteiger partial charge on any atom is 0.306 e. The second-order valence-electron chi connectivity index (χ2n) is 5.94. The van der Waals surface area contributed by atoms with Crippen LogP contribution < -0.4 is 0 Å². The van der Waals surface area contributed by atoms with E-state index in [2.05, 4.69) is 18.2 Å². The van der Waals surface area contributed by atoms with Gasteiger partial charge in [0.25, 0.3) is 0 Å². The van der Waals surface area contributed by atoms with Crippen LogP contribution in [0.15, 0.2) is 24.3 Å². The Morgan fingerprint density at radius 1 is 1.25 bits per heavy atom. The number of ether oxygens (including phenoxy) is 1. The SMILES string of the molecule is O=C1CC[C@@H]2CCCC[C@]2(c2ccccc2CCCl)O1. The number of fused-ring (bicyclic) bond motifs is 1. The van der Waals surface area contributed by atoms with E-state index in [1.807, 2.05) is 6.07 Å². The third-order valence-electron chi connectivity index (χ3n) is 4.84. The van der Waals surface area contributed by atoms with Gasteiger partial charge in [-0.2, -0.15) is 0 Å². The molecule has 3 heteroatoms. The second-order valence-corrected chi connectivity index (χ2v) is 6.32. The first-order valence-corrected chi connectivity index (χ1v) is 8.16. The Balaban J connectivity index is 2.05. The normalized spacial score (nSPS) is 29.6. The summed E-state index contributed by atoms with van der Waals surface area (Å²) in [5.74, 6) is 1.04. The van der Waals surface area contributed by atoms with E-state index in [1.165, 1.54) is 24.0 Å². The lowest BCUT2D eigenvalue weighted by molar-refractivity contribution is -0.185. The fourth-order valence-corrected chi connectivity index (χ4v) is 4.14. The van der Waals surface area contributed by atoms with Crippen LogP contribution in [0.2, 0.25) is 0 Å². The molecule has 1 saturated heterocycles. The lowest BCUT2D eigenvalue weighted by Gasteiger charge is -2.47. The molecule has 0 radical (unpaired) electrons. The topological polar surface area (TPSA) is 26.3 Å². The molecule has 1 saturated carbocycles. The van der Waals surface area contributed by atoms with Gasteiger partial charge in [0.15, 0.2) is 0 Å². The van der Waals surface area contributed by atoms with Crippen molar-refractivity contribution in [2.45, 2.75) is 50.5 Å². The second kappa shape index (κ2) is 5.77. The summed E-state index contributed by atoms with van der Waals surface area (Å²) >= 11 is 5.94. The number of rotatable bonds is 3. The molecule has 0 bridgehead atoms. The third-order valence-corrected chi connectivity index (χ3v) is 5.03. The van der Waals surface area contributed by atoms with E-state index in [9.17, 15) is 4.79 Å². The lowest BCUT2D eigenvalue weighted by Crippen LogP contribution is -2.46. The van der Waals surface area contributed by atoms with Crippen molar-refractivity contribution >= 4 is 17.6 Å². The molecule has 20 heavy (non-hydrogen) atoms. The van der Waals surface area contributed by atoms with E-state index in [4.69, 9.17) is 16.3 Å². The highest BCUT2D eigenvalue weighted by Gasteiger charge is 2.48.